The second kappa shape index (κ2) is 14.4. The lowest BCUT2D eigenvalue weighted by molar-refractivity contribution is -0.121. The summed E-state index contributed by atoms with van der Waals surface area (Å²) in [4.78, 5) is 36.2. The Kier molecular flexibility index (Phi) is 9.49. The van der Waals surface area contributed by atoms with Gasteiger partial charge >= 0.3 is 0 Å². The fraction of sp³-hybridized carbons (Fsp3) is 0.256. The van der Waals surface area contributed by atoms with Gasteiger partial charge in [-0.3, -0.25) is 23.8 Å². The van der Waals surface area contributed by atoms with Crippen LogP contribution in [0.3, 0.4) is 0 Å². The van der Waals surface area contributed by atoms with Crippen molar-refractivity contribution in [1.82, 2.24) is 29.6 Å². The topological polar surface area (TPSA) is 141 Å². The second-order valence-electron chi connectivity index (χ2n) is 12.6. The number of phenols is 1. The number of phenolic OH excluding ortho intramolecular Hbond substituents is 1. The summed E-state index contributed by atoms with van der Waals surface area (Å²) >= 11 is 6.59. The lowest BCUT2D eigenvalue weighted by Crippen LogP contribution is -2.32. The zero-order valence-corrected chi connectivity index (χ0v) is 28.2. The maximum Gasteiger partial charge on any atom is 0.263 e. The van der Waals surface area contributed by atoms with E-state index in [1.54, 1.807) is 58.0 Å². The van der Waals surface area contributed by atoms with Crippen molar-refractivity contribution >= 4 is 45.0 Å². The number of fused-ring (bicyclic) bond motifs is 2. The summed E-state index contributed by atoms with van der Waals surface area (Å²) in [6.07, 6.45) is 9.32. The van der Waals surface area contributed by atoms with Gasteiger partial charge in [0.1, 0.15) is 17.3 Å². The first-order valence-electron chi connectivity index (χ1n) is 16.8. The molecule has 1 amide bonds. The number of hydrogen-bond acceptors (Lipinski definition) is 7. The first kappa shape index (κ1) is 32.9. The monoisotopic (exact) mass is 685 g/mol. The number of amides is 1. The zero-order valence-electron chi connectivity index (χ0n) is 27.4. The number of carbonyl (C=O) groups is 1. The Balaban J connectivity index is 1.25. The summed E-state index contributed by atoms with van der Waals surface area (Å²) in [5.41, 5.74) is 10.5. The van der Waals surface area contributed by atoms with E-state index in [9.17, 15) is 14.7 Å². The molecule has 0 atom stereocenters. The molecule has 0 saturated heterocycles. The van der Waals surface area contributed by atoms with E-state index >= 15 is 0 Å². The largest absolute Gasteiger partial charge is 0.508 e. The molecule has 3 aromatic heterocycles. The number of unbranched alkanes of at least 4 members (excludes halogenated alkanes) is 1. The molecule has 1 aliphatic carbocycles. The highest BCUT2D eigenvalue weighted by Gasteiger charge is 2.20. The Hall–Kier alpha value is -5.66. The van der Waals surface area contributed by atoms with Crippen LogP contribution in [0.4, 0.5) is 5.69 Å². The third-order valence-corrected chi connectivity index (χ3v) is 9.49. The van der Waals surface area contributed by atoms with Gasteiger partial charge in [-0.2, -0.15) is 5.10 Å². The van der Waals surface area contributed by atoms with E-state index in [4.69, 9.17) is 27.4 Å². The minimum Gasteiger partial charge on any atom is -0.508 e. The highest BCUT2D eigenvalue weighted by molar-refractivity contribution is 6.31. The molecule has 50 heavy (non-hydrogen) atoms. The molecule has 1 aliphatic rings. The van der Waals surface area contributed by atoms with Gasteiger partial charge < -0.3 is 16.2 Å². The van der Waals surface area contributed by atoms with Gasteiger partial charge in [-0.25, -0.2) is 4.98 Å². The first-order valence-corrected chi connectivity index (χ1v) is 17.2. The molecule has 11 heteroatoms. The van der Waals surface area contributed by atoms with Crippen molar-refractivity contribution in [3.8, 4) is 28.8 Å². The number of aromatic hydroxyl groups is 1. The van der Waals surface area contributed by atoms with Gasteiger partial charge in [0.2, 0.25) is 5.91 Å². The van der Waals surface area contributed by atoms with Gasteiger partial charge in [0.05, 0.1) is 53.0 Å². The van der Waals surface area contributed by atoms with Crippen molar-refractivity contribution in [3.05, 3.63) is 111 Å². The quantitative estimate of drug-likeness (QED) is 0.118. The highest BCUT2D eigenvalue weighted by atomic mass is 35.5. The van der Waals surface area contributed by atoms with Gasteiger partial charge in [-0.05, 0) is 67.3 Å². The fourth-order valence-corrected chi connectivity index (χ4v) is 6.77. The number of aromatic nitrogens is 5. The summed E-state index contributed by atoms with van der Waals surface area (Å²) in [5.74, 6) is 7.03. The van der Waals surface area contributed by atoms with Crippen LogP contribution in [0.5, 0.6) is 5.75 Å². The number of anilines is 1. The third-order valence-electron chi connectivity index (χ3n) is 9.12. The number of carbonyl (C=O) groups excluding carboxylic acids is 1. The van der Waals surface area contributed by atoms with E-state index in [-0.39, 0.29) is 30.3 Å². The molecule has 252 valence electrons. The van der Waals surface area contributed by atoms with Crippen LogP contribution in [0.1, 0.15) is 61.9 Å². The SMILES string of the molecule is Nc1cncc2c1c(-c1ccc(O)cc1)nn2Cc1nc2cccc(C#CCCCC(=O)NC3CCCC3)c2c(=O)n1Cc1ccccc1Cl. The van der Waals surface area contributed by atoms with Crippen molar-refractivity contribution in [2.75, 3.05) is 5.73 Å². The number of nitrogens with one attached hydrogen (secondary N) is 1. The Labute approximate surface area is 293 Å². The van der Waals surface area contributed by atoms with E-state index in [0.717, 1.165) is 24.0 Å². The maximum atomic E-state index is 14.5. The number of nitrogens with zero attached hydrogens (tertiary/aromatic N) is 5. The van der Waals surface area contributed by atoms with Crippen LogP contribution >= 0.6 is 11.6 Å². The van der Waals surface area contributed by atoms with E-state index in [0.29, 0.717) is 74.9 Å². The van der Waals surface area contributed by atoms with Gasteiger partial charge in [-0.1, -0.05) is 60.5 Å². The average Bonchev–Trinajstić information content (AvgIpc) is 3.76. The Morgan fingerprint density at radius 3 is 2.60 bits per heavy atom. The summed E-state index contributed by atoms with van der Waals surface area (Å²) in [6.45, 7) is 0.313. The van der Waals surface area contributed by atoms with Crippen molar-refractivity contribution in [3.63, 3.8) is 0 Å². The molecule has 1 saturated carbocycles. The average molecular weight is 686 g/mol. The number of nitrogen functional groups attached to an aromatic ring is 1. The Bertz CT molecular complexity index is 2330. The standard InChI is InChI=1S/C39H36ClN7O3/c40-30-14-7-4-10-27(30)23-46-34(24-47-33-22-42-21-31(41)37(33)38(45-47)26-17-19-29(48)20-18-26)44-32-15-8-11-25(36(32)39(46)50)9-2-1-3-16-35(49)43-28-12-5-6-13-28/h4,7-8,10-11,14-15,17-22,28,48H,1,3,5-6,12-13,16,23-24,41H2,(H,43,49). The van der Waals surface area contributed by atoms with Crippen LogP contribution in [-0.2, 0) is 17.9 Å². The van der Waals surface area contributed by atoms with Gasteiger partial charge in [0.25, 0.3) is 5.56 Å². The van der Waals surface area contributed by atoms with Crippen molar-refractivity contribution in [1.29, 1.82) is 0 Å². The number of benzene rings is 3. The normalized spacial score (nSPS) is 13.1. The molecular weight excluding hydrogens is 650 g/mol. The molecule has 3 heterocycles. The predicted molar refractivity (Wildman–Crippen MR) is 196 cm³/mol. The third kappa shape index (κ3) is 6.91. The van der Waals surface area contributed by atoms with E-state index in [2.05, 4.69) is 22.1 Å². The van der Waals surface area contributed by atoms with Crippen LogP contribution < -0.4 is 16.6 Å². The van der Waals surface area contributed by atoms with Crippen LogP contribution in [0.2, 0.25) is 5.02 Å². The summed E-state index contributed by atoms with van der Waals surface area (Å²) in [5, 5.41) is 19.6. The van der Waals surface area contributed by atoms with Crippen molar-refractivity contribution in [2.45, 2.75) is 64.1 Å². The van der Waals surface area contributed by atoms with Crippen LogP contribution in [0.15, 0.2) is 83.9 Å². The number of rotatable bonds is 9. The van der Waals surface area contributed by atoms with Gasteiger partial charge in [0, 0.05) is 35.0 Å². The number of halogens is 1. The fourth-order valence-electron chi connectivity index (χ4n) is 6.58. The predicted octanol–water partition coefficient (Wildman–Crippen LogP) is 6.43. The minimum absolute atomic E-state index is 0.0710. The molecule has 10 nitrogen and oxygen atoms in total. The lowest BCUT2D eigenvalue weighted by Gasteiger charge is -2.15. The molecule has 0 bridgehead atoms. The minimum atomic E-state index is -0.251. The molecule has 0 radical (unpaired) electrons. The molecular formula is C39H36ClN7O3. The first-order chi connectivity index (χ1) is 24.4. The van der Waals surface area contributed by atoms with E-state index in [1.165, 1.54) is 12.8 Å². The van der Waals surface area contributed by atoms with Gasteiger partial charge in [-0.15, -0.1) is 0 Å². The summed E-state index contributed by atoms with van der Waals surface area (Å²) in [6, 6.07) is 19.9. The number of pyridine rings is 1. The number of hydrogen-bond donors (Lipinski definition) is 3. The summed E-state index contributed by atoms with van der Waals surface area (Å²) < 4.78 is 3.36. The molecule has 6 aromatic rings. The molecule has 1 fully saturated rings. The van der Waals surface area contributed by atoms with Gasteiger partial charge in [0.15, 0.2) is 0 Å². The smallest absolute Gasteiger partial charge is 0.263 e. The molecule has 0 spiro atoms. The molecule has 0 aliphatic heterocycles. The highest BCUT2D eigenvalue weighted by Crippen LogP contribution is 2.33. The Morgan fingerprint density at radius 2 is 1.80 bits per heavy atom. The molecule has 0 unspecified atom stereocenters. The van der Waals surface area contributed by atoms with E-state index in [1.807, 2.05) is 30.3 Å². The zero-order chi connectivity index (χ0) is 34.6. The molecule has 7 rings (SSSR count). The van der Waals surface area contributed by atoms with Crippen LogP contribution in [-0.4, -0.2) is 41.4 Å². The summed E-state index contributed by atoms with van der Waals surface area (Å²) in [7, 11) is 0. The van der Waals surface area contributed by atoms with Crippen LogP contribution in [0, 0.1) is 11.8 Å². The van der Waals surface area contributed by atoms with Crippen LogP contribution in [0.25, 0.3) is 33.1 Å². The van der Waals surface area contributed by atoms with E-state index < -0.39 is 0 Å². The molecule has 4 N–H and O–H groups in total. The maximum absolute atomic E-state index is 14.5. The van der Waals surface area contributed by atoms with Crippen molar-refractivity contribution < 1.29 is 9.90 Å². The van der Waals surface area contributed by atoms with Crippen molar-refractivity contribution in [2.24, 2.45) is 0 Å². The lowest BCUT2D eigenvalue weighted by atomic mass is 10.1. The second-order valence-corrected chi connectivity index (χ2v) is 13.0. The number of nitrogens with two attached hydrogens (primary N) is 1. The molecule has 3 aromatic carbocycles. The Morgan fingerprint density at radius 1 is 1.00 bits per heavy atom.